The maximum absolute atomic E-state index is 12.4. The highest BCUT2D eigenvalue weighted by Gasteiger charge is 2.61. The zero-order chi connectivity index (χ0) is 15.7. The van der Waals surface area contributed by atoms with E-state index in [1.165, 1.54) is 0 Å². The van der Waals surface area contributed by atoms with Gasteiger partial charge in [0.2, 0.25) is 0 Å². The van der Waals surface area contributed by atoms with Crippen molar-refractivity contribution in [1.82, 2.24) is 0 Å². The number of hydrogen-bond acceptors (Lipinski definition) is 3. The van der Waals surface area contributed by atoms with Gasteiger partial charge in [-0.3, -0.25) is 4.79 Å². The van der Waals surface area contributed by atoms with E-state index in [1.54, 1.807) is 0 Å². The van der Waals surface area contributed by atoms with E-state index in [1.807, 2.05) is 0 Å². The number of fused-ring (bicyclic) bond motifs is 5. The van der Waals surface area contributed by atoms with Crippen molar-refractivity contribution in [3.63, 3.8) is 0 Å². The smallest absolute Gasteiger partial charge is 0.139 e. The summed E-state index contributed by atoms with van der Waals surface area (Å²) in [7, 11) is 0. The third-order valence-electron chi connectivity index (χ3n) is 8.44. The molecule has 4 aliphatic carbocycles. The largest absolute Gasteiger partial charge is 0.390 e. The first-order chi connectivity index (χ1) is 10.4. The van der Waals surface area contributed by atoms with Crippen LogP contribution in [0.15, 0.2) is 0 Å². The summed E-state index contributed by atoms with van der Waals surface area (Å²) >= 11 is 0. The number of aliphatic hydroxyl groups is 2. The molecule has 124 valence electrons. The monoisotopic (exact) mass is 306 g/mol. The minimum Gasteiger partial charge on any atom is -0.390 e. The Bertz CT molecular complexity index is 489. The average Bonchev–Trinajstić information content (AvgIpc) is 2.79. The van der Waals surface area contributed by atoms with Crippen LogP contribution in [0.1, 0.15) is 65.2 Å². The van der Waals surface area contributed by atoms with Crippen LogP contribution in [0.25, 0.3) is 0 Å². The highest BCUT2D eigenvalue weighted by atomic mass is 16.3. The summed E-state index contributed by atoms with van der Waals surface area (Å²) in [4.78, 5) is 12.4. The van der Waals surface area contributed by atoms with Crippen molar-refractivity contribution in [2.45, 2.75) is 77.4 Å². The second-order valence-corrected chi connectivity index (χ2v) is 9.08. The molecule has 3 unspecified atom stereocenters. The highest BCUT2D eigenvalue weighted by molar-refractivity contribution is 5.87. The number of rotatable bonds is 0. The summed E-state index contributed by atoms with van der Waals surface area (Å²) in [5, 5.41) is 20.6. The number of carbonyl (C=O) groups is 1. The fourth-order valence-corrected chi connectivity index (χ4v) is 7.09. The van der Waals surface area contributed by atoms with Crippen LogP contribution in [-0.2, 0) is 4.79 Å². The van der Waals surface area contributed by atoms with Gasteiger partial charge in [-0.1, -0.05) is 13.8 Å². The fourth-order valence-electron chi connectivity index (χ4n) is 7.09. The molecule has 3 heteroatoms. The van der Waals surface area contributed by atoms with E-state index in [-0.39, 0.29) is 16.7 Å². The van der Waals surface area contributed by atoms with Crippen molar-refractivity contribution in [1.29, 1.82) is 0 Å². The van der Waals surface area contributed by atoms with Crippen LogP contribution in [0.3, 0.4) is 0 Å². The van der Waals surface area contributed by atoms with Gasteiger partial charge in [0.1, 0.15) is 5.78 Å². The first kappa shape index (κ1) is 15.1. The predicted molar refractivity (Wildman–Crippen MR) is 84.1 cm³/mol. The minimum absolute atomic E-state index is 0.0584. The molecule has 3 nitrogen and oxygen atoms in total. The number of aliphatic hydroxyl groups excluding tert-OH is 2. The van der Waals surface area contributed by atoms with Crippen LogP contribution in [0, 0.1) is 34.5 Å². The van der Waals surface area contributed by atoms with Gasteiger partial charge < -0.3 is 10.2 Å². The Hall–Kier alpha value is -0.410. The third kappa shape index (κ3) is 1.78. The molecule has 22 heavy (non-hydrogen) atoms. The van der Waals surface area contributed by atoms with Crippen LogP contribution in [0.4, 0.5) is 0 Å². The van der Waals surface area contributed by atoms with Crippen molar-refractivity contribution in [3.05, 3.63) is 0 Å². The quantitative estimate of drug-likeness (QED) is 0.723. The molecule has 0 aromatic heterocycles. The summed E-state index contributed by atoms with van der Waals surface area (Å²) in [6, 6.07) is 0. The summed E-state index contributed by atoms with van der Waals surface area (Å²) in [5.41, 5.74) is 0.103. The molecule has 0 heterocycles. The molecule has 0 radical (unpaired) electrons. The second kappa shape index (κ2) is 4.80. The van der Waals surface area contributed by atoms with Crippen LogP contribution in [0.2, 0.25) is 0 Å². The topological polar surface area (TPSA) is 57.5 Å². The molecule has 4 aliphatic rings. The van der Waals surface area contributed by atoms with Gasteiger partial charge in [-0.25, -0.2) is 0 Å². The van der Waals surface area contributed by atoms with E-state index < -0.39 is 12.2 Å². The van der Waals surface area contributed by atoms with Gasteiger partial charge in [-0.05, 0) is 74.0 Å². The van der Waals surface area contributed by atoms with E-state index in [0.717, 1.165) is 51.4 Å². The Morgan fingerprint density at radius 2 is 1.68 bits per heavy atom. The lowest BCUT2D eigenvalue weighted by Gasteiger charge is -2.61. The molecule has 0 aromatic rings. The Balaban J connectivity index is 1.65. The zero-order valence-corrected chi connectivity index (χ0v) is 13.9. The summed E-state index contributed by atoms with van der Waals surface area (Å²) in [6.45, 7) is 4.58. The van der Waals surface area contributed by atoms with E-state index in [2.05, 4.69) is 13.8 Å². The maximum Gasteiger partial charge on any atom is 0.139 e. The molecule has 4 saturated carbocycles. The van der Waals surface area contributed by atoms with Crippen molar-refractivity contribution in [3.8, 4) is 0 Å². The minimum atomic E-state index is -0.543. The normalized spacial score (nSPS) is 57.9. The molecular formula is C19H30O3. The molecule has 4 rings (SSSR count). The van der Waals surface area contributed by atoms with Gasteiger partial charge in [-0.2, -0.15) is 0 Å². The number of carbonyl (C=O) groups excluding carboxylic acids is 1. The zero-order valence-electron chi connectivity index (χ0n) is 13.9. The van der Waals surface area contributed by atoms with Gasteiger partial charge in [0.25, 0.3) is 0 Å². The van der Waals surface area contributed by atoms with Crippen molar-refractivity contribution in [2.24, 2.45) is 34.5 Å². The lowest BCUT2D eigenvalue weighted by molar-refractivity contribution is -0.173. The average molecular weight is 306 g/mol. The van der Waals surface area contributed by atoms with Gasteiger partial charge in [0, 0.05) is 11.8 Å². The van der Waals surface area contributed by atoms with Gasteiger partial charge in [0.15, 0.2) is 0 Å². The van der Waals surface area contributed by atoms with Crippen LogP contribution >= 0.6 is 0 Å². The Morgan fingerprint density at radius 3 is 2.45 bits per heavy atom. The lowest BCUT2D eigenvalue weighted by atomic mass is 9.45. The Morgan fingerprint density at radius 1 is 0.909 bits per heavy atom. The molecular weight excluding hydrogens is 276 g/mol. The Labute approximate surface area is 133 Å². The number of Topliss-reactive ketones (excluding diaryl/α,β-unsaturated/α-hetero) is 1. The standard InChI is InChI=1S/C19H30O3/c1-18-10-8-15(20)17(22)14(18)4-3-11-12-5-6-16(21)19(12,2)9-7-13(11)18/h11-15,17,20,22H,3-10H2,1-2H3/t11?,12?,13?,14-,15+,17-,18+,19-/m0/s1. The van der Waals surface area contributed by atoms with Gasteiger partial charge >= 0.3 is 0 Å². The second-order valence-electron chi connectivity index (χ2n) is 9.08. The molecule has 0 aliphatic heterocycles. The number of ketones is 1. The van der Waals surface area contributed by atoms with Gasteiger partial charge in [-0.15, -0.1) is 0 Å². The SMILES string of the molecule is C[C@]12CCC3C(CC[C@H]4[C@H](O)[C@H](O)CC[C@]34C)C1CCC2=O. The summed E-state index contributed by atoms with van der Waals surface area (Å²) in [5.74, 6) is 2.62. The Kier molecular flexibility index (Phi) is 3.30. The molecule has 0 amide bonds. The van der Waals surface area contributed by atoms with Crippen molar-refractivity contribution < 1.29 is 15.0 Å². The molecule has 0 aromatic carbocycles. The van der Waals surface area contributed by atoms with Crippen molar-refractivity contribution >= 4 is 5.78 Å². The summed E-state index contributed by atoms with van der Waals surface area (Å²) in [6.07, 6.45) is 6.91. The molecule has 0 saturated heterocycles. The van der Waals surface area contributed by atoms with Crippen LogP contribution in [0.5, 0.6) is 0 Å². The number of hydrogen-bond donors (Lipinski definition) is 2. The fraction of sp³-hybridized carbons (Fsp3) is 0.947. The van der Waals surface area contributed by atoms with E-state index in [9.17, 15) is 15.0 Å². The molecule has 2 N–H and O–H groups in total. The van der Waals surface area contributed by atoms with E-state index in [0.29, 0.717) is 23.5 Å². The summed E-state index contributed by atoms with van der Waals surface area (Å²) < 4.78 is 0. The first-order valence-electron chi connectivity index (χ1n) is 9.27. The van der Waals surface area contributed by atoms with Crippen LogP contribution < -0.4 is 0 Å². The van der Waals surface area contributed by atoms with E-state index >= 15 is 0 Å². The predicted octanol–water partition coefficient (Wildman–Crippen LogP) is 2.93. The lowest BCUT2D eigenvalue weighted by Crippen LogP contribution is -2.58. The van der Waals surface area contributed by atoms with Crippen LogP contribution in [-0.4, -0.2) is 28.2 Å². The molecule has 0 spiro atoms. The molecule has 0 bridgehead atoms. The first-order valence-corrected chi connectivity index (χ1v) is 9.27. The van der Waals surface area contributed by atoms with Gasteiger partial charge in [0.05, 0.1) is 12.2 Å². The van der Waals surface area contributed by atoms with Crippen molar-refractivity contribution in [2.75, 3.05) is 0 Å². The third-order valence-corrected chi connectivity index (χ3v) is 8.44. The van der Waals surface area contributed by atoms with E-state index in [4.69, 9.17) is 0 Å². The molecule has 8 atom stereocenters. The maximum atomic E-state index is 12.4. The molecule has 4 fully saturated rings. The highest BCUT2D eigenvalue weighted by Crippen LogP contribution is 2.65.